The number of aliphatic carboxylic acids is 1. The molecule has 0 aromatic rings. The van der Waals surface area contributed by atoms with Crippen LogP contribution in [0, 0.1) is 56.2 Å². The van der Waals surface area contributed by atoms with E-state index in [9.17, 15) is 70.6 Å². The van der Waals surface area contributed by atoms with Crippen LogP contribution in [0.15, 0.2) is 11.6 Å². The van der Waals surface area contributed by atoms with E-state index in [1.54, 1.807) is 0 Å². The lowest BCUT2D eigenvalue weighted by atomic mass is 9.33. The highest BCUT2D eigenvalue weighted by Gasteiger charge is 2.73. The molecule has 0 bridgehead atoms. The average Bonchev–Trinajstić information content (AvgIpc) is 3.54. The van der Waals surface area contributed by atoms with Gasteiger partial charge in [-0.2, -0.15) is 0 Å². The third-order valence-corrected chi connectivity index (χ3v) is 20.7. The maximum Gasteiger partial charge on any atom is 0.335 e. The van der Waals surface area contributed by atoms with E-state index in [-0.39, 0.29) is 42.6 Å². The van der Waals surface area contributed by atoms with E-state index in [0.717, 1.165) is 5.57 Å². The number of carbonyl (C=O) groups is 3. The fourth-order valence-corrected chi connectivity index (χ4v) is 16.3. The van der Waals surface area contributed by atoms with Crippen LogP contribution >= 0.6 is 0 Å². The first-order valence-corrected chi connectivity index (χ1v) is 27.7. The largest absolute Gasteiger partial charge is 0.479 e. The summed E-state index contributed by atoms with van der Waals surface area (Å²) in [6, 6.07) is 0. The Morgan fingerprint density at radius 2 is 1.35 bits per heavy atom. The van der Waals surface area contributed by atoms with Crippen LogP contribution in [0.5, 0.6) is 0 Å². The zero-order chi connectivity index (χ0) is 57.0. The predicted octanol–water partition coefficient (Wildman–Crippen LogP) is 0.814. The molecular weight excluding hydrogens is 1010 g/mol. The molecule has 4 saturated carbocycles. The van der Waals surface area contributed by atoms with Gasteiger partial charge in [0.1, 0.15) is 79.9 Å². The van der Waals surface area contributed by atoms with Gasteiger partial charge in [0.15, 0.2) is 25.0 Å². The van der Waals surface area contributed by atoms with Gasteiger partial charge in [0, 0.05) is 18.8 Å². The number of esters is 2. The first kappa shape index (κ1) is 60.6. The van der Waals surface area contributed by atoms with Crippen LogP contribution in [-0.2, 0) is 52.3 Å². The molecule has 5 aliphatic carbocycles. The first-order chi connectivity index (χ1) is 35.7. The summed E-state index contributed by atoms with van der Waals surface area (Å²) in [5.41, 5.74) is -3.12. The Morgan fingerprint density at radius 1 is 0.727 bits per heavy atom. The van der Waals surface area contributed by atoms with Gasteiger partial charge in [0.05, 0.1) is 30.3 Å². The molecule has 3 heterocycles. The molecule has 8 aliphatic rings. The van der Waals surface area contributed by atoms with Gasteiger partial charge in [-0.15, -0.1) is 0 Å². The van der Waals surface area contributed by atoms with Gasteiger partial charge in [-0.1, -0.05) is 74.0 Å². The third kappa shape index (κ3) is 10.0. The molecule has 26 atom stereocenters. The number of hydrogen-bond donors (Lipinski definition) is 11. The third-order valence-electron chi connectivity index (χ3n) is 20.7. The van der Waals surface area contributed by atoms with Crippen LogP contribution in [0.1, 0.15) is 128 Å². The lowest BCUT2D eigenvalue weighted by Gasteiger charge is -2.72. The molecule has 0 aromatic carbocycles. The predicted molar refractivity (Wildman–Crippen MR) is 266 cm³/mol. The van der Waals surface area contributed by atoms with Crippen molar-refractivity contribution in [2.45, 2.75) is 244 Å². The summed E-state index contributed by atoms with van der Waals surface area (Å²) < 4.78 is 48.2. The highest BCUT2D eigenvalue weighted by atomic mass is 16.8. The molecule has 0 spiro atoms. The van der Waals surface area contributed by atoms with E-state index in [0.29, 0.717) is 38.5 Å². The molecule has 3 saturated heterocycles. The highest BCUT2D eigenvalue weighted by Crippen LogP contribution is 2.76. The molecule has 0 unspecified atom stereocenters. The second-order valence-corrected chi connectivity index (χ2v) is 26.4. The van der Waals surface area contributed by atoms with Gasteiger partial charge in [0.25, 0.3) is 0 Å². The minimum atomic E-state index is -2.05. The van der Waals surface area contributed by atoms with E-state index >= 15 is 0 Å². The van der Waals surface area contributed by atoms with E-state index in [1.807, 2.05) is 27.7 Å². The van der Waals surface area contributed by atoms with Gasteiger partial charge in [-0.25, -0.2) is 4.79 Å². The van der Waals surface area contributed by atoms with E-state index in [2.05, 4.69) is 40.7 Å². The van der Waals surface area contributed by atoms with Crippen molar-refractivity contribution in [3.8, 4) is 0 Å². The molecule has 0 radical (unpaired) electrons. The minimum absolute atomic E-state index is 0.0134. The Balaban J connectivity index is 1.10. The van der Waals surface area contributed by atoms with Crippen molar-refractivity contribution in [3.63, 3.8) is 0 Å². The van der Waals surface area contributed by atoms with Gasteiger partial charge in [-0.3, -0.25) is 9.59 Å². The minimum Gasteiger partial charge on any atom is -0.479 e. The molecule has 7 fully saturated rings. The van der Waals surface area contributed by atoms with E-state index < -0.39 is 174 Å². The highest BCUT2D eigenvalue weighted by molar-refractivity contribution is 5.73. The van der Waals surface area contributed by atoms with Crippen LogP contribution < -0.4 is 0 Å². The molecule has 11 N–H and O–H groups in total. The topological polar surface area (TPSA) is 348 Å². The molecule has 0 amide bonds. The summed E-state index contributed by atoms with van der Waals surface area (Å²) in [5, 5.41) is 122. The number of ether oxygens (including phenoxy) is 8. The Labute approximate surface area is 450 Å². The molecule has 3 aliphatic heterocycles. The number of rotatable bonds is 13. The summed E-state index contributed by atoms with van der Waals surface area (Å²) >= 11 is 0. The number of aliphatic hydroxyl groups is 10. The fraction of sp³-hybridized carbons (Fsp3) is 0.909. The number of fused-ring (bicyclic) bond motifs is 7. The maximum atomic E-state index is 13.2. The van der Waals surface area contributed by atoms with Crippen LogP contribution in [0.25, 0.3) is 0 Å². The molecule has 0 aromatic heterocycles. The zero-order valence-corrected chi connectivity index (χ0v) is 46.3. The number of hydrogen-bond acceptors (Lipinski definition) is 21. The number of aliphatic hydroxyl groups excluding tert-OH is 10. The standard InChI is InChI=1S/C55H88O22/c1-23(2)18-33(59)70-22-55-27(19-50(5,6)45(44(55)67)72-25(4)57)26-12-13-30-52(9)16-15-32(51(7,8)29(52)14-17-53(30,10)54(26,11)20-31(55)58)74-49-42(76-48-39(65)37(63)35(61)28(21-56)73-48)40(66)41(43(77-49)46(68)69)75-47-38(64)36(62)34(60)24(3)71-47/h12,23-24,27-32,34-45,47-49,56,58,60-67H,13-22H2,1-11H3,(H,68,69)/t24-,27-,28+,29-,30+,31+,32-,34-,35-,36+,37-,38+,39+,40-,41-,42+,43-,44-,45-,47-,48-,49+,52-,53+,54+,55-/m0/s1. The number of carboxylic acid groups (broad SMARTS) is 1. The summed E-state index contributed by atoms with van der Waals surface area (Å²) in [4.78, 5) is 38.9. The Morgan fingerprint density at radius 3 is 1.96 bits per heavy atom. The van der Waals surface area contributed by atoms with E-state index in [4.69, 9.17) is 37.9 Å². The fourth-order valence-electron chi connectivity index (χ4n) is 16.3. The number of carbonyl (C=O) groups excluding carboxylic acids is 2. The molecule has 8 rings (SSSR count). The molecular formula is C55H88O22. The second kappa shape index (κ2) is 21.7. The van der Waals surface area contributed by atoms with Crippen molar-refractivity contribution in [1.29, 1.82) is 0 Å². The molecule has 22 nitrogen and oxygen atoms in total. The van der Waals surface area contributed by atoms with Gasteiger partial charge in [0.2, 0.25) is 0 Å². The van der Waals surface area contributed by atoms with Gasteiger partial charge >= 0.3 is 17.9 Å². The summed E-state index contributed by atoms with van der Waals surface area (Å²) in [6.45, 7) is 20.3. The van der Waals surface area contributed by atoms with Crippen molar-refractivity contribution in [3.05, 3.63) is 11.6 Å². The van der Waals surface area contributed by atoms with Gasteiger partial charge in [-0.05, 0) is 97.2 Å². The Hall–Kier alpha value is -2.49. The van der Waals surface area contributed by atoms with Crippen LogP contribution in [0.2, 0.25) is 0 Å². The lowest BCUT2D eigenvalue weighted by molar-refractivity contribution is -0.390. The van der Waals surface area contributed by atoms with Crippen LogP contribution in [0.4, 0.5) is 0 Å². The SMILES string of the molecule is CC(=O)O[C@H]1[C@H](O)[C@]2(COC(=O)CC(C)C)[C@H](O)C[C@]3(C)C(=CC[C@@H]4[C@@]5(C)CC[C@H](O[C@@H]6O[C@H](C(=O)O)[C@@H](O[C@@H]7O[C@@H](C)[C@H](O)[C@@H](O)[C@H]7O)[C@H](O)[C@H]6O[C@@H]6O[C@H](CO)[C@H](O)[C@H](O)[C@H]6O)C(C)(C)[C@@H]5CC[C@]43C)[C@@H]2CC1(C)C. The summed E-state index contributed by atoms with van der Waals surface area (Å²) in [5.74, 6) is -3.07. The molecule has 77 heavy (non-hydrogen) atoms. The first-order valence-electron chi connectivity index (χ1n) is 27.7. The van der Waals surface area contributed by atoms with Crippen molar-refractivity contribution in [1.82, 2.24) is 0 Å². The smallest absolute Gasteiger partial charge is 0.335 e. The summed E-state index contributed by atoms with van der Waals surface area (Å²) in [7, 11) is 0. The maximum absolute atomic E-state index is 13.2. The van der Waals surface area contributed by atoms with Crippen molar-refractivity contribution >= 4 is 17.9 Å². The average molecular weight is 1100 g/mol. The zero-order valence-electron chi connectivity index (χ0n) is 46.3. The molecule has 440 valence electrons. The molecule has 22 heteroatoms. The van der Waals surface area contributed by atoms with Crippen LogP contribution in [0.3, 0.4) is 0 Å². The quantitative estimate of drug-likeness (QED) is 0.0691. The van der Waals surface area contributed by atoms with Crippen molar-refractivity contribution in [2.75, 3.05) is 13.2 Å². The monoisotopic (exact) mass is 1100 g/mol. The second-order valence-electron chi connectivity index (χ2n) is 26.4. The summed E-state index contributed by atoms with van der Waals surface area (Å²) in [6.07, 6.45) is -24.7. The van der Waals surface area contributed by atoms with Gasteiger partial charge < -0.3 is 94.1 Å². The lowest BCUT2D eigenvalue weighted by Crippen LogP contribution is -2.72. The van der Waals surface area contributed by atoms with Crippen molar-refractivity contribution in [2.24, 2.45) is 56.2 Å². The number of allylic oxidation sites excluding steroid dienone is 2. The van der Waals surface area contributed by atoms with Crippen molar-refractivity contribution < 1.29 is 108 Å². The number of carboxylic acids is 1. The Bertz CT molecular complexity index is 2190. The van der Waals surface area contributed by atoms with E-state index in [1.165, 1.54) is 13.8 Å². The normalized spacial score (nSPS) is 50.2. The van der Waals surface area contributed by atoms with Crippen LogP contribution in [-0.4, -0.2) is 204 Å². The Kier molecular flexibility index (Phi) is 17.1.